The first-order valence-electron chi connectivity index (χ1n) is 6.82. The van der Waals surface area contributed by atoms with Crippen LogP contribution in [-0.2, 0) is 4.74 Å². The van der Waals surface area contributed by atoms with Gasteiger partial charge in [0.15, 0.2) is 0 Å². The smallest absolute Gasteiger partial charge is 0.132 e. The third-order valence-electron chi connectivity index (χ3n) is 2.55. The third-order valence-corrected chi connectivity index (χ3v) is 3.33. The van der Waals surface area contributed by atoms with E-state index in [-0.39, 0.29) is 0 Å². The molecule has 1 aromatic carbocycles. The summed E-state index contributed by atoms with van der Waals surface area (Å²) in [6, 6.07) is 8.14. The molecule has 1 N–H and O–H groups in total. The van der Waals surface area contributed by atoms with Gasteiger partial charge in [-0.1, -0.05) is 12.1 Å². The summed E-state index contributed by atoms with van der Waals surface area (Å²) in [6.07, 6.45) is 3.43. The lowest BCUT2D eigenvalue weighted by Crippen LogP contribution is -2.23. The SMILES string of the molecule is CSc1ccccc1OCCNCCCOC(C)C. The van der Waals surface area contributed by atoms with E-state index in [1.165, 1.54) is 4.90 Å². The van der Waals surface area contributed by atoms with E-state index in [4.69, 9.17) is 9.47 Å². The fourth-order valence-corrected chi connectivity index (χ4v) is 2.16. The maximum absolute atomic E-state index is 5.76. The average Bonchev–Trinajstić information content (AvgIpc) is 2.42. The Labute approximate surface area is 121 Å². The minimum atomic E-state index is 0.325. The van der Waals surface area contributed by atoms with E-state index in [0.29, 0.717) is 12.7 Å². The Morgan fingerprint density at radius 2 is 1.95 bits per heavy atom. The Morgan fingerprint density at radius 3 is 2.68 bits per heavy atom. The van der Waals surface area contributed by atoms with E-state index >= 15 is 0 Å². The van der Waals surface area contributed by atoms with E-state index in [1.54, 1.807) is 11.8 Å². The van der Waals surface area contributed by atoms with Gasteiger partial charge in [-0.25, -0.2) is 0 Å². The number of benzene rings is 1. The molecule has 0 aliphatic rings. The lowest BCUT2D eigenvalue weighted by Gasteiger charge is -2.11. The predicted molar refractivity (Wildman–Crippen MR) is 82.3 cm³/mol. The Morgan fingerprint density at radius 1 is 1.16 bits per heavy atom. The van der Waals surface area contributed by atoms with Gasteiger partial charge in [-0.15, -0.1) is 11.8 Å². The molecule has 0 spiro atoms. The Bertz CT molecular complexity index is 345. The molecular weight excluding hydrogens is 258 g/mol. The predicted octanol–water partition coefficient (Wildman–Crippen LogP) is 3.19. The molecular formula is C15H25NO2S. The Kier molecular flexibility index (Phi) is 8.71. The van der Waals surface area contributed by atoms with Crippen molar-refractivity contribution in [2.75, 3.05) is 32.6 Å². The quantitative estimate of drug-likeness (QED) is 0.528. The Hall–Kier alpha value is -0.710. The standard InChI is InChI=1S/C15H25NO2S/c1-13(2)17-11-6-9-16-10-12-18-14-7-4-5-8-15(14)19-3/h4-5,7-8,13,16H,6,9-12H2,1-3H3. The lowest BCUT2D eigenvalue weighted by atomic mass is 10.3. The molecule has 0 bridgehead atoms. The number of nitrogens with one attached hydrogen (secondary N) is 1. The summed E-state index contributed by atoms with van der Waals surface area (Å²) in [4.78, 5) is 1.19. The zero-order chi connectivity index (χ0) is 13.9. The van der Waals surface area contributed by atoms with E-state index in [1.807, 2.05) is 18.2 Å². The molecule has 19 heavy (non-hydrogen) atoms. The lowest BCUT2D eigenvalue weighted by molar-refractivity contribution is 0.0769. The summed E-state index contributed by atoms with van der Waals surface area (Å²) < 4.78 is 11.2. The fourth-order valence-electron chi connectivity index (χ4n) is 1.61. The van der Waals surface area contributed by atoms with Gasteiger partial charge in [-0.2, -0.15) is 0 Å². The topological polar surface area (TPSA) is 30.5 Å². The molecule has 0 aliphatic carbocycles. The maximum Gasteiger partial charge on any atom is 0.132 e. The highest BCUT2D eigenvalue weighted by Crippen LogP contribution is 2.26. The van der Waals surface area contributed by atoms with Crippen molar-refractivity contribution in [2.24, 2.45) is 0 Å². The largest absolute Gasteiger partial charge is 0.491 e. The molecule has 0 heterocycles. The van der Waals surface area contributed by atoms with Crippen molar-refractivity contribution in [3.8, 4) is 5.75 Å². The van der Waals surface area contributed by atoms with Gasteiger partial charge in [0, 0.05) is 18.0 Å². The molecule has 0 atom stereocenters. The van der Waals surface area contributed by atoms with Crippen molar-refractivity contribution >= 4 is 11.8 Å². The van der Waals surface area contributed by atoms with Crippen molar-refractivity contribution in [2.45, 2.75) is 31.3 Å². The first-order valence-corrected chi connectivity index (χ1v) is 8.04. The molecule has 0 aromatic heterocycles. The van der Waals surface area contributed by atoms with Crippen LogP contribution in [0.1, 0.15) is 20.3 Å². The molecule has 1 aromatic rings. The molecule has 3 nitrogen and oxygen atoms in total. The van der Waals surface area contributed by atoms with Crippen LogP contribution >= 0.6 is 11.8 Å². The van der Waals surface area contributed by atoms with Gasteiger partial charge in [0.1, 0.15) is 12.4 Å². The minimum absolute atomic E-state index is 0.325. The zero-order valence-corrected chi connectivity index (χ0v) is 13.0. The van der Waals surface area contributed by atoms with Crippen molar-refractivity contribution in [3.63, 3.8) is 0 Å². The second-order valence-corrected chi connectivity index (χ2v) is 5.37. The van der Waals surface area contributed by atoms with Crippen LogP contribution in [0.2, 0.25) is 0 Å². The average molecular weight is 283 g/mol. The van der Waals surface area contributed by atoms with Crippen LogP contribution in [-0.4, -0.2) is 38.7 Å². The van der Waals surface area contributed by atoms with Crippen molar-refractivity contribution in [1.82, 2.24) is 5.32 Å². The van der Waals surface area contributed by atoms with Gasteiger partial charge in [-0.05, 0) is 45.2 Å². The summed E-state index contributed by atoms with van der Waals surface area (Å²) in [5, 5.41) is 3.36. The highest BCUT2D eigenvalue weighted by molar-refractivity contribution is 7.98. The molecule has 0 saturated heterocycles. The zero-order valence-electron chi connectivity index (χ0n) is 12.1. The van der Waals surface area contributed by atoms with E-state index < -0.39 is 0 Å². The van der Waals surface area contributed by atoms with Gasteiger partial charge in [0.2, 0.25) is 0 Å². The van der Waals surface area contributed by atoms with E-state index in [2.05, 4.69) is 31.5 Å². The van der Waals surface area contributed by atoms with Gasteiger partial charge in [0.05, 0.1) is 6.10 Å². The number of para-hydroxylation sites is 1. The van der Waals surface area contributed by atoms with E-state index in [0.717, 1.165) is 31.9 Å². The first kappa shape index (κ1) is 16.3. The fraction of sp³-hybridized carbons (Fsp3) is 0.600. The number of ether oxygens (including phenoxy) is 2. The molecule has 0 aliphatic heterocycles. The van der Waals surface area contributed by atoms with Crippen molar-refractivity contribution in [3.05, 3.63) is 24.3 Å². The molecule has 0 amide bonds. The summed E-state index contributed by atoms with van der Waals surface area (Å²) in [6.45, 7) is 7.48. The summed E-state index contributed by atoms with van der Waals surface area (Å²) in [7, 11) is 0. The maximum atomic E-state index is 5.76. The van der Waals surface area contributed by atoms with Crippen molar-refractivity contribution < 1.29 is 9.47 Å². The van der Waals surface area contributed by atoms with Crippen LogP contribution < -0.4 is 10.1 Å². The number of hydrogen-bond donors (Lipinski definition) is 1. The number of hydrogen-bond acceptors (Lipinski definition) is 4. The summed E-state index contributed by atoms with van der Waals surface area (Å²) in [5.74, 6) is 0.972. The van der Waals surface area contributed by atoms with Gasteiger partial charge in [0.25, 0.3) is 0 Å². The molecule has 0 fully saturated rings. The Balaban J connectivity index is 2.04. The van der Waals surface area contributed by atoms with Gasteiger partial charge in [-0.3, -0.25) is 0 Å². The van der Waals surface area contributed by atoms with Crippen LogP contribution in [0.4, 0.5) is 0 Å². The van der Waals surface area contributed by atoms with Crippen LogP contribution in [0.3, 0.4) is 0 Å². The second-order valence-electron chi connectivity index (χ2n) is 4.52. The molecule has 0 saturated carbocycles. The van der Waals surface area contributed by atoms with Crippen LogP contribution in [0.15, 0.2) is 29.2 Å². The minimum Gasteiger partial charge on any atom is -0.491 e. The molecule has 108 valence electrons. The van der Waals surface area contributed by atoms with Crippen LogP contribution in [0.5, 0.6) is 5.75 Å². The molecule has 0 unspecified atom stereocenters. The van der Waals surface area contributed by atoms with Crippen LogP contribution in [0.25, 0.3) is 0 Å². The van der Waals surface area contributed by atoms with Crippen molar-refractivity contribution in [1.29, 1.82) is 0 Å². The molecule has 1 rings (SSSR count). The van der Waals surface area contributed by atoms with Gasteiger partial charge >= 0.3 is 0 Å². The molecule has 4 heteroatoms. The van der Waals surface area contributed by atoms with E-state index in [9.17, 15) is 0 Å². The van der Waals surface area contributed by atoms with Gasteiger partial charge < -0.3 is 14.8 Å². The monoisotopic (exact) mass is 283 g/mol. The first-order chi connectivity index (χ1) is 9.24. The summed E-state index contributed by atoms with van der Waals surface area (Å²) in [5.41, 5.74) is 0. The van der Waals surface area contributed by atoms with Crippen LogP contribution in [0, 0.1) is 0 Å². The number of rotatable bonds is 10. The third kappa shape index (κ3) is 7.45. The normalized spacial score (nSPS) is 10.9. The second kappa shape index (κ2) is 10.1. The highest BCUT2D eigenvalue weighted by atomic mass is 32.2. The molecule has 0 radical (unpaired) electrons. The summed E-state index contributed by atoms with van der Waals surface area (Å²) >= 11 is 1.71. The number of thioether (sulfide) groups is 1. The highest BCUT2D eigenvalue weighted by Gasteiger charge is 2.00.